The molecule has 0 bridgehead atoms. The van der Waals surface area contributed by atoms with E-state index in [4.69, 9.17) is 0 Å². The minimum Gasteiger partial charge on any atom is -0.353 e. The molecule has 0 aliphatic rings. The van der Waals surface area contributed by atoms with E-state index in [9.17, 15) is 0 Å². The summed E-state index contributed by atoms with van der Waals surface area (Å²) in [5, 5.41) is 14.6. The third-order valence-corrected chi connectivity index (χ3v) is 2.47. The lowest BCUT2D eigenvalue weighted by Gasteiger charge is -2.23. The van der Waals surface area contributed by atoms with E-state index in [1.165, 1.54) is 0 Å². The van der Waals surface area contributed by atoms with E-state index in [1.54, 1.807) is 6.08 Å². The van der Waals surface area contributed by atoms with Crippen LogP contribution < -0.4 is 10.6 Å². The summed E-state index contributed by atoms with van der Waals surface area (Å²) in [5.74, 6) is 2.47. The first-order valence-corrected chi connectivity index (χ1v) is 6.36. The van der Waals surface area contributed by atoms with Gasteiger partial charge in [0.05, 0.1) is 0 Å². The molecule has 0 radical (unpaired) electrons. The molecule has 0 unspecified atom stereocenters. The van der Waals surface area contributed by atoms with Gasteiger partial charge in [-0.15, -0.1) is 40.8 Å². The predicted molar refractivity (Wildman–Crippen MR) is 93.4 cm³/mol. The number of aryl methyl sites for hydroxylation is 1. The Hall–Kier alpha value is -1.12. The average Bonchev–Trinajstić information content (AvgIpc) is 2.62. The van der Waals surface area contributed by atoms with Crippen molar-refractivity contribution >= 4 is 29.9 Å². The smallest absolute Gasteiger partial charge is 0.192 e. The number of hydrogen-bond acceptors (Lipinski definition) is 3. The van der Waals surface area contributed by atoms with Gasteiger partial charge in [0.2, 0.25) is 0 Å². The molecule has 0 aromatic carbocycles. The van der Waals surface area contributed by atoms with Crippen molar-refractivity contribution in [2.24, 2.45) is 12.0 Å². The number of rotatable bonds is 4. The quantitative estimate of drug-likeness (QED) is 0.355. The lowest BCUT2D eigenvalue weighted by Crippen LogP contribution is -2.47. The second-order valence-electron chi connectivity index (χ2n) is 5.43. The van der Waals surface area contributed by atoms with Crippen LogP contribution in [-0.2, 0) is 13.6 Å². The van der Waals surface area contributed by atoms with Crippen LogP contribution in [-0.4, -0.2) is 32.8 Å². The van der Waals surface area contributed by atoms with E-state index in [2.05, 4.69) is 53.2 Å². The maximum absolute atomic E-state index is 4.51. The molecule has 0 saturated heterocycles. The van der Waals surface area contributed by atoms with Gasteiger partial charge in [0.1, 0.15) is 12.4 Å². The topological polar surface area (TPSA) is 67.1 Å². The summed E-state index contributed by atoms with van der Waals surface area (Å²) in [6.45, 7) is 13.0. The van der Waals surface area contributed by atoms with Gasteiger partial charge in [-0.1, -0.05) is 6.08 Å². The minimum absolute atomic E-state index is 0. The van der Waals surface area contributed by atoms with E-state index in [-0.39, 0.29) is 29.5 Å². The molecular formula is C13H25IN6. The molecule has 1 heterocycles. The highest BCUT2D eigenvalue weighted by molar-refractivity contribution is 14.0. The van der Waals surface area contributed by atoms with Crippen molar-refractivity contribution in [3.8, 4) is 0 Å². The number of nitrogens with zero attached hydrogens (tertiary/aromatic N) is 4. The Labute approximate surface area is 138 Å². The van der Waals surface area contributed by atoms with Crippen molar-refractivity contribution in [2.75, 3.05) is 6.54 Å². The van der Waals surface area contributed by atoms with Crippen LogP contribution >= 0.6 is 24.0 Å². The summed E-state index contributed by atoms with van der Waals surface area (Å²) in [4.78, 5) is 4.51. The third-order valence-electron chi connectivity index (χ3n) is 2.47. The molecular weight excluding hydrogens is 367 g/mol. The molecule has 1 rings (SSSR count). The van der Waals surface area contributed by atoms with Gasteiger partial charge in [0.25, 0.3) is 0 Å². The maximum atomic E-state index is 4.51. The van der Waals surface area contributed by atoms with Gasteiger partial charge in [-0.2, -0.15) is 0 Å². The molecule has 7 heteroatoms. The van der Waals surface area contributed by atoms with Crippen LogP contribution in [0.5, 0.6) is 0 Å². The molecule has 114 valence electrons. The number of aliphatic imine (C=N–C) groups is 1. The van der Waals surface area contributed by atoms with E-state index >= 15 is 0 Å². The van der Waals surface area contributed by atoms with Crippen LogP contribution in [0.15, 0.2) is 17.6 Å². The van der Waals surface area contributed by atoms with Crippen LogP contribution in [0.3, 0.4) is 0 Å². The highest BCUT2D eigenvalue weighted by atomic mass is 127. The fourth-order valence-electron chi connectivity index (χ4n) is 1.40. The zero-order chi connectivity index (χ0) is 14.5. The van der Waals surface area contributed by atoms with E-state index in [1.807, 2.05) is 18.5 Å². The zero-order valence-electron chi connectivity index (χ0n) is 12.9. The number of aromatic nitrogens is 3. The summed E-state index contributed by atoms with van der Waals surface area (Å²) >= 11 is 0. The molecule has 0 saturated carbocycles. The minimum atomic E-state index is -0.0528. The predicted octanol–water partition coefficient (Wildman–Crippen LogP) is 1.76. The first-order valence-electron chi connectivity index (χ1n) is 6.36. The zero-order valence-corrected chi connectivity index (χ0v) is 15.2. The molecule has 0 atom stereocenters. The van der Waals surface area contributed by atoms with Gasteiger partial charge in [0.15, 0.2) is 11.8 Å². The Balaban J connectivity index is 0.00000361. The van der Waals surface area contributed by atoms with Crippen molar-refractivity contribution < 1.29 is 0 Å². The van der Waals surface area contributed by atoms with Crippen LogP contribution in [0.1, 0.15) is 32.4 Å². The van der Waals surface area contributed by atoms with Crippen LogP contribution in [0.2, 0.25) is 0 Å². The lowest BCUT2D eigenvalue weighted by atomic mass is 10.1. The first kappa shape index (κ1) is 18.9. The molecule has 2 N–H and O–H groups in total. The Morgan fingerprint density at radius 2 is 2.05 bits per heavy atom. The van der Waals surface area contributed by atoms with Gasteiger partial charge < -0.3 is 15.2 Å². The first-order chi connectivity index (χ1) is 8.83. The Kier molecular flexibility index (Phi) is 7.77. The molecule has 0 amide bonds. The van der Waals surface area contributed by atoms with E-state index < -0.39 is 0 Å². The maximum Gasteiger partial charge on any atom is 0.192 e. The second kappa shape index (κ2) is 8.23. The van der Waals surface area contributed by atoms with Gasteiger partial charge in [-0.3, -0.25) is 0 Å². The summed E-state index contributed by atoms with van der Waals surface area (Å²) in [5.41, 5.74) is -0.0528. The Morgan fingerprint density at radius 1 is 1.40 bits per heavy atom. The van der Waals surface area contributed by atoms with Crippen molar-refractivity contribution in [3.63, 3.8) is 0 Å². The van der Waals surface area contributed by atoms with Crippen LogP contribution in [0.4, 0.5) is 0 Å². The van der Waals surface area contributed by atoms with Crippen molar-refractivity contribution in [1.82, 2.24) is 25.4 Å². The second-order valence-corrected chi connectivity index (χ2v) is 5.43. The van der Waals surface area contributed by atoms with Gasteiger partial charge in [0, 0.05) is 19.1 Å². The highest BCUT2D eigenvalue weighted by Gasteiger charge is 2.12. The number of hydrogen-bond donors (Lipinski definition) is 2. The fourth-order valence-corrected chi connectivity index (χ4v) is 1.40. The highest BCUT2D eigenvalue weighted by Crippen LogP contribution is 2.01. The molecule has 1 aromatic rings. The molecule has 0 spiro atoms. The Morgan fingerprint density at radius 3 is 2.50 bits per heavy atom. The normalized spacial score (nSPS) is 11.8. The number of nitrogens with one attached hydrogen (secondary N) is 2. The molecule has 20 heavy (non-hydrogen) atoms. The van der Waals surface area contributed by atoms with Gasteiger partial charge >= 0.3 is 0 Å². The van der Waals surface area contributed by atoms with Crippen molar-refractivity contribution in [1.29, 1.82) is 0 Å². The summed E-state index contributed by atoms with van der Waals surface area (Å²) in [7, 11) is 1.94. The molecule has 1 aromatic heterocycles. The summed E-state index contributed by atoms with van der Waals surface area (Å²) in [6, 6.07) is 0. The number of halogens is 1. The van der Waals surface area contributed by atoms with E-state index in [0.29, 0.717) is 13.1 Å². The van der Waals surface area contributed by atoms with Crippen LogP contribution in [0, 0.1) is 6.92 Å². The van der Waals surface area contributed by atoms with Gasteiger partial charge in [-0.05, 0) is 27.7 Å². The summed E-state index contributed by atoms with van der Waals surface area (Å²) in [6.07, 6.45) is 1.80. The van der Waals surface area contributed by atoms with Crippen molar-refractivity contribution in [3.05, 3.63) is 24.3 Å². The standard InChI is InChI=1S/C13H24N6.HI/c1-7-8-14-12(16-13(3,4)5)15-9-11-18-17-10(2)19(11)6;/h7H,1,8-9H2,2-6H3,(H2,14,15,16);1H. The van der Waals surface area contributed by atoms with Crippen molar-refractivity contribution in [2.45, 2.75) is 39.8 Å². The third kappa shape index (κ3) is 6.36. The number of guanidine groups is 1. The van der Waals surface area contributed by atoms with Crippen LogP contribution in [0.25, 0.3) is 0 Å². The molecule has 6 nitrogen and oxygen atoms in total. The molecule has 0 fully saturated rings. The Bertz CT molecular complexity index is 458. The lowest BCUT2D eigenvalue weighted by molar-refractivity contribution is 0.502. The summed E-state index contributed by atoms with van der Waals surface area (Å²) < 4.78 is 1.94. The SMILES string of the molecule is C=CCNC(=NCc1nnc(C)n1C)NC(C)(C)C.I. The molecule has 0 aliphatic carbocycles. The fraction of sp³-hybridized carbons (Fsp3) is 0.615. The van der Waals surface area contributed by atoms with E-state index in [0.717, 1.165) is 17.6 Å². The monoisotopic (exact) mass is 392 g/mol. The molecule has 0 aliphatic heterocycles. The largest absolute Gasteiger partial charge is 0.353 e. The van der Waals surface area contributed by atoms with Gasteiger partial charge in [-0.25, -0.2) is 4.99 Å². The average molecular weight is 392 g/mol.